The van der Waals surface area contributed by atoms with Gasteiger partial charge >= 0.3 is 11.9 Å². The normalized spacial score (nSPS) is 10.8. The number of thioether (sulfide) groups is 1. The average Bonchev–Trinajstić information content (AvgIpc) is 3.10. The van der Waals surface area contributed by atoms with E-state index in [1.165, 1.54) is 17.8 Å². The fourth-order valence-corrected chi connectivity index (χ4v) is 4.20. The van der Waals surface area contributed by atoms with Crippen molar-refractivity contribution < 1.29 is 23.5 Å². The smallest absolute Gasteiger partial charge is 0.312 e. The summed E-state index contributed by atoms with van der Waals surface area (Å²) in [6.07, 6.45) is 0.835. The van der Waals surface area contributed by atoms with Crippen molar-refractivity contribution in [1.29, 1.82) is 0 Å². The van der Waals surface area contributed by atoms with Gasteiger partial charge in [0.05, 0.1) is 35.4 Å². The quantitative estimate of drug-likeness (QED) is 0.402. The summed E-state index contributed by atoms with van der Waals surface area (Å²) in [5.41, 5.74) is 0.470. The molecule has 7 nitrogen and oxygen atoms in total. The Balaban J connectivity index is 1.55. The van der Waals surface area contributed by atoms with Gasteiger partial charge in [-0.25, -0.2) is 4.98 Å². The van der Waals surface area contributed by atoms with E-state index in [0.29, 0.717) is 11.5 Å². The Morgan fingerprint density at radius 1 is 1.21 bits per heavy atom. The molecule has 146 valence electrons. The summed E-state index contributed by atoms with van der Waals surface area (Å²) in [5, 5.41) is 0. The number of ether oxygens (including phenoxy) is 2. The Kier molecular flexibility index (Phi) is 6.83. The number of carbonyl (C=O) groups is 2. The van der Waals surface area contributed by atoms with Gasteiger partial charge in [-0.2, -0.15) is 0 Å². The minimum Gasteiger partial charge on any atom is -0.466 e. The van der Waals surface area contributed by atoms with Crippen molar-refractivity contribution in [3.63, 3.8) is 0 Å². The number of para-hydroxylation sites is 1. The number of hydrogen-bond donors (Lipinski definition) is 0. The Hall–Kier alpha value is -2.65. The summed E-state index contributed by atoms with van der Waals surface area (Å²) in [7, 11) is 0. The Morgan fingerprint density at radius 2 is 2.00 bits per heavy atom. The minimum absolute atomic E-state index is 0.102. The van der Waals surface area contributed by atoms with Crippen LogP contribution in [0.25, 0.3) is 10.2 Å². The molecule has 0 aliphatic rings. The van der Waals surface area contributed by atoms with E-state index in [0.717, 1.165) is 20.8 Å². The van der Waals surface area contributed by atoms with Crippen molar-refractivity contribution in [2.24, 2.45) is 0 Å². The maximum absolute atomic E-state index is 12.1. The second-order valence-electron chi connectivity index (χ2n) is 5.59. The van der Waals surface area contributed by atoms with E-state index in [-0.39, 0.29) is 25.2 Å². The first-order valence-corrected chi connectivity index (χ1v) is 10.3. The Bertz CT molecular complexity index is 1010. The lowest BCUT2D eigenvalue weighted by Crippen LogP contribution is -2.16. The first-order valence-electron chi connectivity index (χ1n) is 8.51. The molecule has 0 saturated heterocycles. The van der Waals surface area contributed by atoms with Crippen molar-refractivity contribution in [1.82, 2.24) is 4.98 Å². The molecule has 3 rings (SSSR count). The Labute approximate surface area is 168 Å². The number of carbonyl (C=O) groups excluding carboxylic acids is 2. The fraction of sp³-hybridized carbons (Fsp3) is 0.263. The number of hydrogen-bond acceptors (Lipinski definition) is 9. The first kappa shape index (κ1) is 20.1. The van der Waals surface area contributed by atoms with Crippen molar-refractivity contribution in [2.75, 3.05) is 6.61 Å². The molecule has 0 fully saturated rings. The summed E-state index contributed by atoms with van der Waals surface area (Å²) < 4.78 is 17.0. The highest BCUT2D eigenvalue weighted by Gasteiger charge is 2.13. The molecule has 2 heterocycles. The molecule has 0 amide bonds. The van der Waals surface area contributed by atoms with Crippen LogP contribution in [0.2, 0.25) is 0 Å². The van der Waals surface area contributed by atoms with E-state index in [4.69, 9.17) is 13.9 Å². The van der Waals surface area contributed by atoms with Crippen LogP contribution < -0.4 is 10.2 Å². The van der Waals surface area contributed by atoms with Gasteiger partial charge in [-0.15, -0.1) is 11.3 Å². The lowest BCUT2D eigenvalue weighted by Gasteiger charge is -2.04. The third kappa shape index (κ3) is 5.43. The maximum Gasteiger partial charge on any atom is 0.312 e. The van der Waals surface area contributed by atoms with E-state index in [2.05, 4.69) is 4.98 Å². The fourth-order valence-electron chi connectivity index (χ4n) is 2.25. The molecule has 0 N–H and O–H groups in total. The molecule has 2 aromatic heterocycles. The zero-order valence-corrected chi connectivity index (χ0v) is 16.6. The number of esters is 2. The van der Waals surface area contributed by atoms with Gasteiger partial charge in [0.1, 0.15) is 12.0 Å². The van der Waals surface area contributed by atoms with Crippen LogP contribution in [0.1, 0.15) is 25.5 Å². The predicted molar refractivity (Wildman–Crippen MR) is 106 cm³/mol. The van der Waals surface area contributed by atoms with E-state index < -0.39 is 17.4 Å². The van der Waals surface area contributed by atoms with Gasteiger partial charge in [-0.05, 0) is 19.1 Å². The van der Waals surface area contributed by atoms with Crippen LogP contribution in [0.4, 0.5) is 0 Å². The monoisotopic (exact) mass is 419 g/mol. The molecule has 0 radical (unpaired) electrons. The predicted octanol–water partition coefficient (Wildman–Crippen LogP) is 3.79. The molecule has 0 aliphatic heterocycles. The third-order valence-electron chi connectivity index (χ3n) is 3.53. The van der Waals surface area contributed by atoms with Gasteiger partial charge in [-0.3, -0.25) is 14.4 Å². The molecular weight excluding hydrogens is 402 g/mol. The molecule has 3 aromatic rings. The largest absolute Gasteiger partial charge is 0.466 e. The van der Waals surface area contributed by atoms with Crippen LogP contribution in [0.5, 0.6) is 5.75 Å². The Morgan fingerprint density at radius 3 is 2.75 bits per heavy atom. The van der Waals surface area contributed by atoms with E-state index in [9.17, 15) is 14.4 Å². The van der Waals surface area contributed by atoms with Crippen molar-refractivity contribution in [3.05, 3.63) is 52.6 Å². The second kappa shape index (κ2) is 9.52. The van der Waals surface area contributed by atoms with E-state index >= 15 is 0 Å². The van der Waals surface area contributed by atoms with Gasteiger partial charge < -0.3 is 13.9 Å². The summed E-state index contributed by atoms with van der Waals surface area (Å²) in [5.74, 6) is -0.527. The number of thiazole rings is 1. The standard InChI is InChI=1S/C19H17NO6S2/c1-2-24-17(22)7-8-18(23)26-15-10-25-12(9-14(15)21)11-27-19-20-13-5-3-4-6-16(13)28-19/h3-6,9-10H,2,7-8,11H2,1H3. The van der Waals surface area contributed by atoms with Crippen LogP contribution in [0.3, 0.4) is 0 Å². The van der Waals surface area contributed by atoms with Crippen molar-refractivity contribution in [3.8, 4) is 5.75 Å². The van der Waals surface area contributed by atoms with Gasteiger partial charge in [0.25, 0.3) is 0 Å². The zero-order valence-electron chi connectivity index (χ0n) is 15.0. The summed E-state index contributed by atoms with van der Waals surface area (Å²) in [4.78, 5) is 39.6. The molecular formula is C19H17NO6S2. The average molecular weight is 419 g/mol. The molecule has 0 bridgehead atoms. The first-order chi connectivity index (χ1) is 13.5. The van der Waals surface area contributed by atoms with Crippen LogP contribution in [-0.2, 0) is 20.1 Å². The number of benzene rings is 1. The van der Waals surface area contributed by atoms with Crippen molar-refractivity contribution >= 4 is 45.3 Å². The third-order valence-corrected chi connectivity index (χ3v) is 5.73. The van der Waals surface area contributed by atoms with Crippen molar-refractivity contribution in [2.45, 2.75) is 29.9 Å². The van der Waals surface area contributed by atoms with Crippen LogP contribution >= 0.6 is 23.1 Å². The molecule has 9 heteroatoms. The second-order valence-corrected chi connectivity index (χ2v) is 7.84. The summed E-state index contributed by atoms with van der Waals surface area (Å²) >= 11 is 3.03. The van der Waals surface area contributed by atoms with E-state index in [1.54, 1.807) is 18.3 Å². The lowest BCUT2D eigenvalue weighted by molar-refractivity contribution is -0.146. The highest BCUT2D eigenvalue weighted by molar-refractivity contribution is 8.00. The number of fused-ring (bicyclic) bond motifs is 1. The number of rotatable bonds is 8. The highest BCUT2D eigenvalue weighted by atomic mass is 32.2. The van der Waals surface area contributed by atoms with Crippen LogP contribution in [0.15, 0.2) is 50.1 Å². The van der Waals surface area contributed by atoms with Gasteiger partial charge in [-0.1, -0.05) is 23.9 Å². The van der Waals surface area contributed by atoms with Gasteiger partial charge in [0.15, 0.2) is 4.34 Å². The molecule has 0 atom stereocenters. The minimum atomic E-state index is -0.697. The maximum atomic E-state index is 12.1. The molecule has 28 heavy (non-hydrogen) atoms. The van der Waals surface area contributed by atoms with E-state index in [1.807, 2.05) is 24.3 Å². The zero-order chi connectivity index (χ0) is 19.9. The molecule has 0 spiro atoms. The van der Waals surface area contributed by atoms with Gasteiger partial charge in [0.2, 0.25) is 11.2 Å². The summed E-state index contributed by atoms with van der Waals surface area (Å²) in [6, 6.07) is 9.13. The van der Waals surface area contributed by atoms with Crippen LogP contribution in [-0.4, -0.2) is 23.5 Å². The topological polar surface area (TPSA) is 95.7 Å². The molecule has 0 saturated carbocycles. The lowest BCUT2D eigenvalue weighted by atomic mass is 10.3. The molecule has 1 aromatic carbocycles. The SMILES string of the molecule is CCOC(=O)CCC(=O)Oc1coc(CSc2nc3ccccc3s2)cc1=O. The highest BCUT2D eigenvalue weighted by Crippen LogP contribution is 2.31. The summed E-state index contributed by atoms with van der Waals surface area (Å²) in [6.45, 7) is 1.92. The molecule has 0 unspecified atom stereocenters. The number of nitrogens with zero attached hydrogens (tertiary/aromatic N) is 1. The molecule has 0 aliphatic carbocycles. The van der Waals surface area contributed by atoms with Crippen LogP contribution in [0, 0.1) is 0 Å². The van der Waals surface area contributed by atoms with Gasteiger partial charge in [0, 0.05) is 6.07 Å². The number of aromatic nitrogens is 1.